The maximum Gasteiger partial charge on any atom is 0.262 e. The van der Waals surface area contributed by atoms with Crippen LogP contribution in [0.4, 0.5) is 0 Å². The summed E-state index contributed by atoms with van der Waals surface area (Å²) in [5, 5.41) is 10.1. The predicted molar refractivity (Wildman–Crippen MR) is 79.9 cm³/mol. The highest BCUT2D eigenvalue weighted by Crippen LogP contribution is 2.25. The van der Waals surface area contributed by atoms with E-state index in [0.29, 0.717) is 17.0 Å². The Labute approximate surface area is 121 Å². The van der Waals surface area contributed by atoms with E-state index in [9.17, 15) is 9.90 Å². The van der Waals surface area contributed by atoms with Crippen molar-refractivity contribution >= 4 is 0 Å². The van der Waals surface area contributed by atoms with Crippen LogP contribution in [0.15, 0.2) is 53.6 Å². The van der Waals surface area contributed by atoms with Gasteiger partial charge in [0.1, 0.15) is 11.4 Å². The Hall–Kier alpha value is -2.95. The molecule has 0 saturated heterocycles. The standard InChI is InChI=1S/C16H13N3O2/c1-10-4-6-11(7-5-10)13-15(20)18-14(19-16(13)21)12-3-2-8-17-9-12/h2-9H,1H3,(H2,18,19,20,21). The molecule has 5 nitrogen and oxygen atoms in total. The van der Waals surface area contributed by atoms with E-state index >= 15 is 0 Å². The number of pyridine rings is 1. The van der Waals surface area contributed by atoms with Crippen molar-refractivity contribution < 1.29 is 5.11 Å². The Kier molecular flexibility index (Phi) is 3.23. The van der Waals surface area contributed by atoms with Crippen molar-refractivity contribution in [2.24, 2.45) is 0 Å². The zero-order chi connectivity index (χ0) is 14.8. The Balaban J connectivity index is 2.13. The van der Waals surface area contributed by atoms with Gasteiger partial charge in [0.05, 0.1) is 0 Å². The molecule has 5 heteroatoms. The minimum atomic E-state index is -0.384. The van der Waals surface area contributed by atoms with Crippen LogP contribution < -0.4 is 5.56 Å². The monoisotopic (exact) mass is 279 g/mol. The molecule has 2 aromatic heterocycles. The van der Waals surface area contributed by atoms with E-state index in [-0.39, 0.29) is 17.0 Å². The first kappa shape index (κ1) is 13.1. The molecule has 3 aromatic rings. The molecule has 0 bridgehead atoms. The van der Waals surface area contributed by atoms with Crippen LogP contribution in [0.25, 0.3) is 22.5 Å². The van der Waals surface area contributed by atoms with Crippen molar-refractivity contribution in [3.8, 4) is 28.4 Å². The SMILES string of the molecule is Cc1ccc(-c2c(O)nc(-c3cccnc3)[nH]c2=O)cc1. The Morgan fingerprint density at radius 2 is 1.86 bits per heavy atom. The second kappa shape index (κ2) is 5.20. The topological polar surface area (TPSA) is 78.9 Å². The first-order chi connectivity index (χ1) is 10.1. The number of rotatable bonds is 2. The minimum absolute atomic E-state index is 0.169. The van der Waals surface area contributed by atoms with E-state index in [1.54, 1.807) is 36.7 Å². The summed E-state index contributed by atoms with van der Waals surface area (Å²) < 4.78 is 0. The van der Waals surface area contributed by atoms with Gasteiger partial charge in [-0.3, -0.25) is 9.78 Å². The Morgan fingerprint density at radius 3 is 2.48 bits per heavy atom. The lowest BCUT2D eigenvalue weighted by atomic mass is 10.1. The molecule has 0 fully saturated rings. The number of benzene rings is 1. The molecule has 0 aliphatic heterocycles. The molecule has 0 atom stereocenters. The summed E-state index contributed by atoms with van der Waals surface area (Å²) in [5.74, 6) is 0.00270. The van der Waals surface area contributed by atoms with Crippen LogP contribution in [-0.4, -0.2) is 20.1 Å². The lowest BCUT2D eigenvalue weighted by molar-refractivity contribution is 0.454. The average Bonchev–Trinajstić information content (AvgIpc) is 2.49. The molecular weight excluding hydrogens is 266 g/mol. The quantitative estimate of drug-likeness (QED) is 0.755. The molecule has 0 amide bonds. The largest absolute Gasteiger partial charge is 0.493 e. The molecule has 0 radical (unpaired) electrons. The highest BCUT2D eigenvalue weighted by atomic mass is 16.3. The summed E-state index contributed by atoms with van der Waals surface area (Å²) in [7, 11) is 0. The van der Waals surface area contributed by atoms with Gasteiger partial charge < -0.3 is 10.1 Å². The zero-order valence-electron chi connectivity index (χ0n) is 11.4. The maximum atomic E-state index is 12.2. The fourth-order valence-corrected chi connectivity index (χ4v) is 2.08. The smallest absolute Gasteiger partial charge is 0.262 e. The van der Waals surface area contributed by atoms with Crippen LogP contribution in [0.3, 0.4) is 0 Å². The number of hydrogen-bond donors (Lipinski definition) is 2. The Bertz CT molecular complexity index is 824. The van der Waals surface area contributed by atoms with Gasteiger partial charge in [0, 0.05) is 18.0 Å². The molecule has 2 N–H and O–H groups in total. The van der Waals surface area contributed by atoms with E-state index in [0.717, 1.165) is 5.56 Å². The molecule has 3 rings (SSSR count). The van der Waals surface area contributed by atoms with Crippen LogP contribution >= 0.6 is 0 Å². The number of aromatic nitrogens is 3. The summed E-state index contributed by atoms with van der Waals surface area (Å²) in [6, 6.07) is 10.8. The highest BCUT2D eigenvalue weighted by Gasteiger charge is 2.13. The van der Waals surface area contributed by atoms with Gasteiger partial charge in [0.2, 0.25) is 5.88 Å². The van der Waals surface area contributed by atoms with Crippen molar-refractivity contribution in [1.82, 2.24) is 15.0 Å². The van der Waals surface area contributed by atoms with E-state index < -0.39 is 0 Å². The number of nitrogens with one attached hydrogen (secondary N) is 1. The van der Waals surface area contributed by atoms with Crippen LogP contribution in [0.1, 0.15) is 5.56 Å². The minimum Gasteiger partial charge on any atom is -0.493 e. The van der Waals surface area contributed by atoms with Gasteiger partial charge >= 0.3 is 0 Å². The molecule has 1 aromatic carbocycles. The average molecular weight is 279 g/mol. The maximum absolute atomic E-state index is 12.2. The van der Waals surface area contributed by atoms with E-state index in [1.807, 2.05) is 19.1 Å². The molecule has 0 spiro atoms. The molecule has 0 aliphatic carbocycles. The summed E-state index contributed by atoms with van der Waals surface area (Å²) >= 11 is 0. The van der Waals surface area contributed by atoms with Crippen molar-refractivity contribution in [3.05, 3.63) is 64.7 Å². The van der Waals surface area contributed by atoms with E-state index in [4.69, 9.17) is 0 Å². The molecular formula is C16H13N3O2. The van der Waals surface area contributed by atoms with Gasteiger partial charge in [-0.15, -0.1) is 0 Å². The second-order valence-electron chi connectivity index (χ2n) is 4.72. The fourth-order valence-electron chi connectivity index (χ4n) is 2.08. The molecule has 104 valence electrons. The molecule has 2 heterocycles. The number of aryl methyl sites for hydroxylation is 1. The molecule has 0 unspecified atom stereocenters. The summed E-state index contributed by atoms with van der Waals surface area (Å²) in [6.45, 7) is 1.96. The van der Waals surface area contributed by atoms with Crippen molar-refractivity contribution in [2.75, 3.05) is 0 Å². The lowest BCUT2D eigenvalue weighted by Gasteiger charge is -2.06. The first-order valence-electron chi connectivity index (χ1n) is 6.46. The van der Waals surface area contributed by atoms with Crippen molar-refractivity contribution in [1.29, 1.82) is 0 Å². The number of hydrogen-bond acceptors (Lipinski definition) is 4. The Morgan fingerprint density at radius 1 is 1.10 bits per heavy atom. The second-order valence-corrected chi connectivity index (χ2v) is 4.72. The van der Waals surface area contributed by atoms with Crippen LogP contribution in [0, 0.1) is 6.92 Å². The number of H-pyrrole nitrogens is 1. The normalized spacial score (nSPS) is 10.5. The van der Waals surface area contributed by atoms with Crippen molar-refractivity contribution in [3.63, 3.8) is 0 Å². The number of nitrogens with zero attached hydrogens (tertiary/aromatic N) is 2. The highest BCUT2D eigenvalue weighted by molar-refractivity contribution is 5.69. The van der Waals surface area contributed by atoms with E-state index in [2.05, 4.69) is 15.0 Å². The van der Waals surface area contributed by atoms with Gasteiger partial charge in [-0.25, -0.2) is 0 Å². The molecule has 0 aliphatic rings. The number of aromatic amines is 1. The van der Waals surface area contributed by atoms with Gasteiger partial charge in [-0.05, 0) is 24.6 Å². The van der Waals surface area contributed by atoms with Crippen molar-refractivity contribution in [2.45, 2.75) is 6.92 Å². The van der Waals surface area contributed by atoms with Crippen LogP contribution in [0.5, 0.6) is 5.88 Å². The third kappa shape index (κ3) is 2.53. The van der Waals surface area contributed by atoms with E-state index in [1.165, 1.54) is 0 Å². The van der Waals surface area contributed by atoms with Gasteiger partial charge in [-0.1, -0.05) is 29.8 Å². The van der Waals surface area contributed by atoms with Gasteiger partial charge in [-0.2, -0.15) is 4.98 Å². The third-order valence-corrected chi connectivity index (χ3v) is 3.18. The fraction of sp³-hybridized carbons (Fsp3) is 0.0625. The molecule has 21 heavy (non-hydrogen) atoms. The number of aromatic hydroxyl groups is 1. The first-order valence-corrected chi connectivity index (χ1v) is 6.46. The van der Waals surface area contributed by atoms with Gasteiger partial charge in [0.25, 0.3) is 5.56 Å². The van der Waals surface area contributed by atoms with Crippen LogP contribution in [-0.2, 0) is 0 Å². The summed E-state index contributed by atoms with van der Waals surface area (Å²) in [6.07, 6.45) is 3.20. The summed E-state index contributed by atoms with van der Waals surface area (Å²) in [5.41, 5.74) is 2.13. The zero-order valence-corrected chi connectivity index (χ0v) is 11.4. The third-order valence-electron chi connectivity index (χ3n) is 3.18. The predicted octanol–water partition coefficient (Wildman–Crippen LogP) is 2.51. The molecule has 0 saturated carbocycles. The van der Waals surface area contributed by atoms with Crippen LogP contribution in [0.2, 0.25) is 0 Å². The summed E-state index contributed by atoms with van der Waals surface area (Å²) in [4.78, 5) is 23.0. The van der Waals surface area contributed by atoms with Gasteiger partial charge in [0.15, 0.2) is 0 Å². The lowest BCUT2D eigenvalue weighted by Crippen LogP contribution is -2.12.